The molecule has 2 nitrogen and oxygen atoms in total. The second kappa shape index (κ2) is 9.83. The minimum atomic E-state index is -0.0541. The van der Waals surface area contributed by atoms with Crippen LogP contribution in [-0.4, -0.2) is 12.9 Å². The second-order valence-electron chi connectivity index (χ2n) is 6.00. The van der Waals surface area contributed by atoms with E-state index in [9.17, 15) is 4.79 Å². The molecule has 0 heterocycles. The topological polar surface area (TPSA) is 26.3 Å². The van der Waals surface area contributed by atoms with E-state index in [1.54, 1.807) is 31.4 Å². The van der Waals surface area contributed by atoms with Gasteiger partial charge >= 0.3 is 0 Å². The molecule has 142 valence electrons. The Morgan fingerprint density at radius 1 is 0.929 bits per heavy atom. The number of hydrogen-bond acceptors (Lipinski definition) is 3. The Morgan fingerprint density at radius 2 is 1.54 bits per heavy atom. The predicted octanol–water partition coefficient (Wildman–Crippen LogP) is 7.16. The molecule has 0 fully saturated rings. The summed E-state index contributed by atoms with van der Waals surface area (Å²) in [6.07, 6.45) is 1.87. The van der Waals surface area contributed by atoms with Gasteiger partial charge in [-0.2, -0.15) is 0 Å². The van der Waals surface area contributed by atoms with Crippen LogP contribution in [0.2, 0.25) is 10.0 Å². The van der Waals surface area contributed by atoms with Crippen LogP contribution < -0.4 is 4.74 Å². The van der Waals surface area contributed by atoms with Crippen LogP contribution in [0.5, 0.6) is 5.75 Å². The van der Waals surface area contributed by atoms with Crippen molar-refractivity contribution in [3.8, 4) is 5.75 Å². The maximum Gasteiger partial charge on any atom is 0.199 e. The van der Waals surface area contributed by atoms with Crippen molar-refractivity contribution in [1.29, 1.82) is 0 Å². The van der Waals surface area contributed by atoms with Gasteiger partial charge in [-0.1, -0.05) is 53.5 Å². The third-order valence-corrected chi connectivity index (χ3v) is 5.66. The predicted molar refractivity (Wildman–Crippen MR) is 120 cm³/mol. The van der Waals surface area contributed by atoms with Crippen LogP contribution in [0.25, 0.3) is 6.08 Å². The fourth-order valence-corrected chi connectivity index (χ4v) is 3.81. The summed E-state index contributed by atoms with van der Waals surface area (Å²) in [6, 6.07) is 22.2. The molecule has 0 amide bonds. The number of carbonyl (C=O) groups is 1. The van der Waals surface area contributed by atoms with E-state index in [-0.39, 0.29) is 5.78 Å². The van der Waals surface area contributed by atoms with Crippen LogP contribution in [0.1, 0.15) is 21.5 Å². The highest BCUT2D eigenvalue weighted by molar-refractivity contribution is 8.03. The van der Waals surface area contributed by atoms with Crippen LogP contribution in [0.3, 0.4) is 0 Å². The molecule has 0 aromatic heterocycles. The molecular formula is C23H18Cl2O2S. The van der Waals surface area contributed by atoms with Gasteiger partial charge in [0.25, 0.3) is 0 Å². The minimum absolute atomic E-state index is 0.0541. The summed E-state index contributed by atoms with van der Waals surface area (Å²) >= 11 is 13.4. The first-order valence-electron chi connectivity index (χ1n) is 8.59. The molecule has 0 N–H and O–H groups in total. The standard InChI is InChI=1S/C23H18Cl2O2S/c1-27-21-5-3-2-4-18(21)14-22(23(26)17-8-12-20(25)13-9-17)28-15-16-6-10-19(24)11-7-16/h2-14H,15H2,1H3. The van der Waals surface area contributed by atoms with Crippen molar-refractivity contribution >= 4 is 46.8 Å². The van der Waals surface area contributed by atoms with Crippen molar-refractivity contribution in [2.75, 3.05) is 7.11 Å². The molecule has 0 unspecified atom stereocenters. The van der Waals surface area contributed by atoms with E-state index in [0.29, 0.717) is 26.3 Å². The molecule has 3 aromatic carbocycles. The van der Waals surface area contributed by atoms with Crippen molar-refractivity contribution in [3.05, 3.63) is 104 Å². The summed E-state index contributed by atoms with van der Waals surface area (Å²) in [6.45, 7) is 0. The fraction of sp³-hybridized carbons (Fsp3) is 0.0870. The normalized spacial score (nSPS) is 11.3. The number of halogens is 2. The Labute approximate surface area is 179 Å². The Kier molecular flexibility index (Phi) is 7.21. The van der Waals surface area contributed by atoms with Gasteiger partial charge < -0.3 is 4.74 Å². The SMILES string of the molecule is COc1ccccc1C=C(SCc1ccc(Cl)cc1)C(=O)c1ccc(Cl)cc1. The van der Waals surface area contributed by atoms with Gasteiger partial charge in [0.2, 0.25) is 0 Å². The lowest BCUT2D eigenvalue weighted by Gasteiger charge is -2.10. The summed E-state index contributed by atoms with van der Waals surface area (Å²) in [5, 5.41) is 1.29. The van der Waals surface area contributed by atoms with E-state index in [1.165, 1.54) is 11.8 Å². The third kappa shape index (κ3) is 5.41. The van der Waals surface area contributed by atoms with Gasteiger partial charge in [0, 0.05) is 26.9 Å². The van der Waals surface area contributed by atoms with Crippen LogP contribution in [0.4, 0.5) is 0 Å². The summed E-state index contributed by atoms with van der Waals surface area (Å²) in [5.74, 6) is 1.31. The van der Waals surface area contributed by atoms with Crippen molar-refractivity contribution in [3.63, 3.8) is 0 Å². The smallest absolute Gasteiger partial charge is 0.199 e. The molecular weight excluding hydrogens is 411 g/mol. The van der Waals surface area contributed by atoms with Gasteiger partial charge in [0.05, 0.1) is 12.0 Å². The second-order valence-corrected chi connectivity index (χ2v) is 7.89. The number of allylic oxidation sites excluding steroid dienone is 1. The van der Waals surface area contributed by atoms with Crippen LogP contribution >= 0.6 is 35.0 Å². The molecule has 0 spiro atoms. The number of benzene rings is 3. The number of para-hydroxylation sites is 1. The van der Waals surface area contributed by atoms with Crippen molar-refractivity contribution in [1.82, 2.24) is 0 Å². The minimum Gasteiger partial charge on any atom is -0.496 e. The van der Waals surface area contributed by atoms with Crippen LogP contribution in [0, 0.1) is 0 Å². The number of hydrogen-bond donors (Lipinski definition) is 0. The van der Waals surface area contributed by atoms with Gasteiger partial charge in [0.1, 0.15) is 5.75 Å². The zero-order chi connectivity index (χ0) is 19.9. The zero-order valence-corrected chi connectivity index (χ0v) is 17.5. The summed E-state index contributed by atoms with van der Waals surface area (Å²) in [7, 11) is 1.62. The Hall–Kier alpha value is -2.20. The lowest BCUT2D eigenvalue weighted by atomic mass is 10.1. The summed E-state index contributed by atoms with van der Waals surface area (Å²) < 4.78 is 5.43. The monoisotopic (exact) mass is 428 g/mol. The van der Waals surface area contributed by atoms with Gasteiger partial charge in [0.15, 0.2) is 5.78 Å². The van der Waals surface area contributed by atoms with E-state index in [1.807, 2.05) is 54.6 Å². The summed E-state index contributed by atoms with van der Waals surface area (Å²) in [5.41, 5.74) is 2.53. The average Bonchev–Trinajstić information content (AvgIpc) is 2.72. The average molecular weight is 429 g/mol. The van der Waals surface area contributed by atoms with Gasteiger partial charge in [-0.25, -0.2) is 0 Å². The first kappa shape index (κ1) is 20.5. The largest absolute Gasteiger partial charge is 0.496 e. The highest BCUT2D eigenvalue weighted by atomic mass is 35.5. The number of ketones is 1. The van der Waals surface area contributed by atoms with E-state index < -0.39 is 0 Å². The van der Waals surface area contributed by atoms with Crippen LogP contribution in [0.15, 0.2) is 77.7 Å². The molecule has 0 saturated heterocycles. The molecule has 3 rings (SSSR count). The lowest BCUT2D eigenvalue weighted by molar-refractivity contribution is 0.104. The molecule has 5 heteroatoms. The first-order chi connectivity index (χ1) is 13.6. The first-order valence-corrected chi connectivity index (χ1v) is 10.3. The molecule has 0 saturated carbocycles. The van der Waals surface area contributed by atoms with Crippen molar-refractivity contribution < 1.29 is 9.53 Å². The molecule has 0 aliphatic rings. The molecule has 3 aromatic rings. The zero-order valence-electron chi connectivity index (χ0n) is 15.2. The summed E-state index contributed by atoms with van der Waals surface area (Å²) in [4.78, 5) is 13.8. The van der Waals surface area contributed by atoms with Gasteiger partial charge in [-0.3, -0.25) is 4.79 Å². The highest BCUT2D eigenvalue weighted by Gasteiger charge is 2.15. The van der Waals surface area contributed by atoms with Gasteiger partial charge in [-0.15, -0.1) is 11.8 Å². The molecule has 0 bridgehead atoms. The quantitative estimate of drug-likeness (QED) is 0.294. The Morgan fingerprint density at radius 3 is 2.18 bits per heavy atom. The number of methoxy groups -OCH3 is 1. The Balaban J connectivity index is 1.92. The number of carbonyl (C=O) groups excluding carboxylic acids is 1. The van der Waals surface area contributed by atoms with E-state index in [2.05, 4.69) is 0 Å². The molecule has 0 aliphatic carbocycles. The van der Waals surface area contributed by atoms with E-state index >= 15 is 0 Å². The number of rotatable bonds is 7. The van der Waals surface area contributed by atoms with Crippen molar-refractivity contribution in [2.24, 2.45) is 0 Å². The van der Waals surface area contributed by atoms with Gasteiger partial charge in [-0.05, 0) is 54.1 Å². The van der Waals surface area contributed by atoms with Crippen molar-refractivity contribution in [2.45, 2.75) is 5.75 Å². The maximum atomic E-state index is 13.1. The number of ether oxygens (including phenoxy) is 1. The Bertz CT molecular complexity index is 980. The molecule has 0 radical (unpaired) electrons. The van der Waals surface area contributed by atoms with E-state index in [0.717, 1.165) is 16.9 Å². The fourth-order valence-electron chi connectivity index (χ4n) is 2.58. The number of Topliss-reactive ketones (excluding diaryl/α,β-unsaturated/α-hetero) is 1. The van der Waals surface area contributed by atoms with Crippen LogP contribution in [-0.2, 0) is 5.75 Å². The molecule has 0 aliphatic heterocycles. The highest BCUT2D eigenvalue weighted by Crippen LogP contribution is 2.30. The lowest BCUT2D eigenvalue weighted by Crippen LogP contribution is -2.01. The number of thioether (sulfide) groups is 1. The maximum absolute atomic E-state index is 13.1. The molecule has 28 heavy (non-hydrogen) atoms. The third-order valence-electron chi connectivity index (χ3n) is 4.06. The van der Waals surface area contributed by atoms with E-state index in [4.69, 9.17) is 27.9 Å². The molecule has 0 atom stereocenters.